The summed E-state index contributed by atoms with van der Waals surface area (Å²) in [6, 6.07) is 19.5. The van der Waals surface area contributed by atoms with Crippen LogP contribution in [-0.4, -0.2) is 8.42 Å². The first kappa shape index (κ1) is 17.0. The Morgan fingerprint density at radius 3 is 1.96 bits per heavy atom. The third kappa shape index (κ3) is 4.18. The lowest BCUT2D eigenvalue weighted by Crippen LogP contribution is -2.11. The minimum atomic E-state index is -3.55. The second-order valence-electron chi connectivity index (χ2n) is 5.36. The summed E-state index contributed by atoms with van der Waals surface area (Å²) in [6.07, 6.45) is 0. The molecule has 0 bridgehead atoms. The molecule has 2 aromatic carbocycles. The number of nitrogens with one attached hydrogen (secondary N) is 2. The molecule has 0 saturated heterocycles. The van der Waals surface area contributed by atoms with Crippen molar-refractivity contribution >= 4 is 38.4 Å². The molecule has 3 rings (SSSR count). The van der Waals surface area contributed by atoms with Gasteiger partial charge < -0.3 is 5.32 Å². The summed E-state index contributed by atoms with van der Waals surface area (Å²) in [5, 5.41) is 12.0. The SMILES string of the molecule is Cc1ccc(S(=O)(=O)Nc2ccc(Nc3ccc(C#N)cc3)cc2)s1. The highest BCUT2D eigenvalue weighted by atomic mass is 32.2. The predicted octanol–water partition coefficient (Wildman–Crippen LogP) is 4.47. The Kier molecular flexibility index (Phi) is 4.74. The molecule has 0 atom stereocenters. The second kappa shape index (κ2) is 6.97. The zero-order chi connectivity index (χ0) is 17.9. The van der Waals surface area contributed by atoms with E-state index >= 15 is 0 Å². The molecular formula is C18H15N3O2S2. The number of rotatable bonds is 5. The van der Waals surface area contributed by atoms with Crippen LogP contribution in [0.3, 0.4) is 0 Å². The third-order valence-corrected chi connectivity index (χ3v) is 6.29. The van der Waals surface area contributed by atoms with E-state index in [-0.39, 0.29) is 0 Å². The number of benzene rings is 2. The highest BCUT2D eigenvalue weighted by molar-refractivity contribution is 7.94. The van der Waals surface area contributed by atoms with Crippen LogP contribution in [0.5, 0.6) is 0 Å². The molecule has 2 N–H and O–H groups in total. The van der Waals surface area contributed by atoms with Crippen molar-refractivity contribution in [2.24, 2.45) is 0 Å². The standard InChI is InChI=1S/C18H15N3O2S2/c1-13-2-11-18(24-13)25(22,23)21-17-9-7-16(8-10-17)20-15-5-3-14(12-19)4-6-15/h2-11,20-21H,1H3. The fourth-order valence-corrected chi connectivity index (χ4v) is 4.52. The van der Waals surface area contributed by atoms with Crippen molar-refractivity contribution in [3.63, 3.8) is 0 Å². The Morgan fingerprint density at radius 2 is 1.44 bits per heavy atom. The Labute approximate surface area is 150 Å². The normalized spacial score (nSPS) is 10.9. The van der Waals surface area contributed by atoms with E-state index in [1.54, 1.807) is 48.5 Å². The van der Waals surface area contributed by atoms with Gasteiger partial charge in [-0.15, -0.1) is 11.3 Å². The molecule has 0 saturated carbocycles. The number of thiophene rings is 1. The highest BCUT2D eigenvalue weighted by Gasteiger charge is 2.16. The quantitative estimate of drug-likeness (QED) is 0.695. The van der Waals surface area contributed by atoms with E-state index < -0.39 is 10.0 Å². The number of hydrogen-bond acceptors (Lipinski definition) is 5. The number of aryl methyl sites for hydroxylation is 1. The maximum Gasteiger partial charge on any atom is 0.271 e. The molecule has 0 radical (unpaired) electrons. The molecule has 1 heterocycles. The first-order valence-corrected chi connectivity index (χ1v) is 9.73. The molecule has 3 aromatic rings. The highest BCUT2D eigenvalue weighted by Crippen LogP contribution is 2.25. The van der Waals surface area contributed by atoms with Gasteiger partial charge in [0.1, 0.15) is 4.21 Å². The van der Waals surface area contributed by atoms with E-state index in [9.17, 15) is 8.42 Å². The average Bonchev–Trinajstić information content (AvgIpc) is 3.05. The number of hydrogen-bond donors (Lipinski definition) is 2. The summed E-state index contributed by atoms with van der Waals surface area (Å²) >= 11 is 1.24. The zero-order valence-corrected chi connectivity index (χ0v) is 15.0. The minimum Gasteiger partial charge on any atom is -0.356 e. The molecular weight excluding hydrogens is 354 g/mol. The fraction of sp³-hybridized carbons (Fsp3) is 0.0556. The van der Waals surface area contributed by atoms with Gasteiger partial charge in [-0.3, -0.25) is 4.72 Å². The first-order valence-electron chi connectivity index (χ1n) is 7.43. The Hall–Kier alpha value is -2.82. The van der Waals surface area contributed by atoms with E-state index in [0.29, 0.717) is 15.5 Å². The van der Waals surface area contributed by atoms with Crippen molar-refractivity contribution in [1.29, 1.82) is 5.26 Å². The van der Waals surface area contributed by atoms with Crippen LogP contribution in [0.2, 0.25) is 0 Å². The summed E-state index contributed by atoms with van der Waals surface area (Å²) in [6.45, 7) is 1.87. The molecule has 0 amide bonds. The van der Waals surface area contributed by atoms with Gasteiger partial charge in [-0.25, -0.2) is 8.42 Å². The van der Waals surface area contributed by atoms with Gasteiger partial charge in [0.05, 0.1) is 11.6 Å². The van der Waals surface area contributed by atoms with Gasteiger partial charge in [0.25, 0.3) is 10.0 Å². The topological polar surface area (TPSA) is 82.0 Å². The molecule has 126 valence electrons. The van der Waals surface area contributed by atoms with Gasteiger partial charge in [0.2, 0.25) is 0 Å². The molecule has 0 spiro atoms. The molecule has 0 aliphatic carbocycles. The van der Waals surface area contributed by atoms with E-state index in [1.165, 1.54) is 11.3 Å². The largest absolute Gasteiger partial charge is 0.356 e. The van der Waals surface area contributed by atoms with Gasteiger partial charge in [-0.1, -0.05) is 0 Å². The van der Waals surface area contributed by atoms with Crippen LogP contribution in [-0.2, 0) is 10.0 Å². The van der Waals surface area contributed by atoms with Gasteiger partial charge in [0, 0.05) is 21.9 Å². The van der Waals surface area contributed by atoms with E-state index in [0.717, 1.165) is 16.3 Å². The zero-order valence-electron chi connectivity index (χ0n) is 13.4. The van der Waals surface area contributed by atoms with Crippen molar-refractivity contribution in [3.8, 4) is 6.07 Å². The number of sulfonamides is 1. The van der Waals surface area contributed by atoms with Crippen LogP contribution < -0.4 is 10.0 Å². The van der Waals surface area contributed by atoms with Crippen LogP contribution in [0.1, 0.15) is 10.4 Å². The van der Waals surface area contributed by atoms with Crippen molar-refractivity contribution in [1.82, 2.24) is 0 Å². The van der Waals surface area contributed by atoms with Crippen molar-refractivity contribution in [3.05, 3.63) is 71.1 Å². The van der Waals surface area contributed by atoms with Crippen LogP contribution in [0.15, 0.2) is 64.9 Å². The first-order chi connectivity index (χ1) is 12.0. The smallest absolute Gasteiger partial charge is 0.271 e. The van der Waals surface area contributed by atoms with Gasteiger partial charge in [0.15, 0.2) is 0 Å². The Morgan fingerprint density at radius 1 is 0.880 bits per heavy atom. The maximum absolute atomic E-state index is 12.3. The Balaban J connectivity index is 1.70. The molecule has 0 fully saturated rings. The summed E-state index contributed by atoms with van der Waals surface area (Å²) in [7, 11) is -3.55. The number of nitriles is 1. The monoisotopic (exact) mass is 369 g/mol. The van der Waals surface area contributed by atoms with E-state index in [4.69, 9.17) is 5.26 Å². The predicted molar refractivity (Wildman–Crippen MR) is 101 cm³/mol. The maximum atomic E-state index is 12.3. The van der Waals surface area contributed by atoms with Crippen molar-refractivity contribution in [2.45, 2.75) is 11.1 Å². The van der Waals surface area contributed by atoms with Crippen LogP contribution >= 0.6 is 11.3 Å². The van der Waals surface area contributed by atoms with Crippen LogP contribution in [0.25, 0.3) is 0 Å². The lowest BCUT2D eigenvalue weighted by Gasteiger charge is -2.09. The summed E-state index contributed by atoms with van der Waals surface area (Å²) in [5.41, 5.74) is 2.76. The van der Waals surface area contributed by atoms with Crippen molar-refractivity contribution < 1.29 is 8.42 Å². The molecule has 1 aromatic heterocycles. The molecule has 25 heavy (non-hydrogen) atoms. The molecule has 0 unspecified atom stereocenters. The molecule has 0 aliphatic heterocycles. The molecule has 5 nitrogen and oxygen atoms in total. The molecule has 0 aliphatic rings. The summed E-state index contributed by atoms with van der Waals surface area (Å²) in [5.74, 6) is 0. The summed E-state index contributed by atoms with van der Waals surface area (Å²) in [4.78, 5) is 0.947. The van der Waals surface area contributed by atoms with Crippen molar-refractivity contribution in [2.75, 3.05) is 10.0 Å². The van der Waals surface area contributed by atoms with Gasteiger partial charge in [-0.2, -0.15) is 5.26 Å². The third-order valence-electron chi connectivity index (χ3n) is 3.42. The molecule has 7 heteroatoms. The van der Waals surface area contributed by atoms with E-state index in [2.05, 4.69) is 16.1 Å². The number of anilines is 3. The van der Waals surface area contributed by atoms with Crippen LogP contribution in [0, 0.1) is 18.3 Å². The lowest BCUT2D eigenvalue weighted by atomic mass is 10.2. The fourth-order valence-electron chi connectivity index (χ4n) is 2.18. The van der Waals surface area contributed by atoms with Gasteiger partial charge in [-0.05, 0) is 67.6 Å². The lowest BCUT2D eigenvalue weighted by molar-refractivity contribution is 0.603. The minimum absolute atomic E-state index is 0.296. The van der Waals surface area contributed by atoms with E-state index in [1.807, 2.05) is 19.1 Å². The van der Waals surface area contributed by atoms with Gasteiger partial charge >= 0.3 is 0 Å². The second-order valence-corrected chi connectivity index (χ2v) is 8.56. The number of nitrogens with zero attached hydrogens (tertiary/aromatic N) is 1. The van der Waals surface area contributed by atoms with Crippen LogP contribution in [0.4, 0.5) is 17.1 Å². The average molecular weight is 369 g/mol. The summed E-state index contributed by atoms with van der Waals surface area (Å²) < 4.78 is 27.5. The Bertz CT molecular complexity index is 1020.